The summed E-state index contributed by atoms with van der Waals surface area (Å²) >= 11 is 0. The Kier molecular flexibility index (Phi) is 13.2. The lowest BCUT2D eigenvalue weighted by molar-refractivity contribution is 0.341. The van der Waals surface area contributed by atoms with Gasteiger partial charge in [-0.15, -0.1) is 0 Å². The zero-order chi connectivity index (χ0) is 15.9. The maximum Gasteiger partial charge on any atom is 0.0614 e. The molecule has 0 bridgehead atoms. The predicted octanol–water partition coefficient (Wildman–Crippen LogP) is 6.12. The van der Waals surface area contributed by atoms with Crippen molar-refractivity contribution in [3.63, 3.8) is 0 Å². The Labute approximate surface area is 132 Å². The molecule has 0 aliphatic rings. The highest BCUT2D eigenvalue weighted by Gasteiger charge is 1.93. The highest BCUT2D eigenvalue weighted by Crippen LogP contribution is 2.13. The monoisotopic (exact) mass is 290 g/mol. The molecule has 0 saturated carbocycles. The molecule has 0 heterocycles. The van der Waals surface area contributed by atoms with E-state index in [0.29, 0.717) is 0 Å². The molecule has 1 N–H and O–H groups in total. The molecule has 0 fully saturated rings. The lowest BCUT2D eigenvalue weighted by Crippen LogP contribution is -1.83. The van der Waals surface area contributed by atoms with Crippen LogP contribution in [0.4, 0.5) is 0 Å². The van der Waals surface area contributed by atoms with Gasteiger partial charge in [-0.3, -0.25) is 0 Å². The summed E-state index contributed by atoms with van der Waals surface area (Å²) in [5.74, 6) is 0. The summed E-state index contributed by atoms with van der Waals surface area (Å²) in [6.07, 6.45) is 19.1. The molecule has 0 rings (SSSR count). The molecule has 21 heavy (non-hydrogen) atoms. The number of rotatable bonds is 11. The van der Waals surface area contributed by atoms with Gasteiger partial charge in [-0.1, -0.05) is 47.1 Å². The number of allylic oxidation sites excluding steroid dienone is 7. The van der Waals surface area contributed by atoms with Crippen molar-refractivity contribution in [1.82, 2.24) is 0 Å². The van der Waals surface area contributed by atoms with Crippen LogP contribution in [0.1, 0.15) is 72.6 Å². The first kappa shape index (κ1) is 19.9. The van der Waals surface area contributed by atoms with E-state index in [0.717, 1.165) is 12.8 Å². The van der Waals surface area contributed by atoms with Crippen LogP contribution in [0.5, 0.6) is 0 Å². The van der Waals surface area contributed by atoms with Crippen LogP contribution in [0.2, 0.25) is 0 Å². The van der Waals surface area contributed by atoms with Gasteiger partial charge in [-0.25, -0.2) is 0 Å². The van der Waals surface area contributed by atoms with Crippen molar-refractivity contribution >= 4 is 0 Å². The average molecular weight is 290 g/mol. The fourth-order valence-corrected chi connectivity index (χ4v) is 2.22. The fourth-order valence-electron chi connectivity index (χ4n) is 2.22. The zero-order valence-electron chi connectivity index (χ0n) is 14.5. The summed E-state index contributed by atoms with van der Waals surface area (Å²) < 4.78 is 0. The number of hydrogen-bond acceptors (Lipinski definition) is 1. The number of hydrogen-bond donors (Lipinski definition) is 1. The van der Waals surface area contributed by atoms with Crippen molar-refractivity contribution in [2.24, 2.45) is 0 Å². The molecular formula is C20H34O. The van der Waals surface area contributed by atoms with Gasteiger partial charge in [0.1, 0.15) is 0 Å². The third-order valence-corrected chi connectivity index (χ3v) is 3.68. The minimum Gasteiger partial charge on any atom is -0.392 e. The Morgan fingerprint density at radius 2 is 1.33 bits per heavy atom. The van der Waals surface area contributed by atoms with Crippen LogP contribution in [-0.2, 0) is 0 Å². The fraction of sp³-hybridized carbons (Fsp3) is 0.600. The second-order valence-electron chi connectivity index (χ2n) is 5.87. The maximum atomic E-state index is 8.80. The highest BCUT2D eigenvalue weighted by molar-refractivity contribution is 5.04. The summed E-state index contributed by atoms with van der Waals surface area (Å²) in [5, 5.41) is 8.80. The largest absolute Gasteiger partial charge is 0.392 e. The van der Waals surface area contributed by atoms with Gasteiger partial charge >= 0.3 is 0 Å². The van der Waals surface area contributed by atoms with E-state index in [4.69, 9.17) is 5.11 Å². The van der Waals surface area contributed by atoms with E-state index in [1.54, 1.807) is 0 Å². The Bertz CT molecular complexity index is 369. The smallest absolute Gasteiger partial charge is 0.0614 e. The molecule has 0 amide bonds. The van der Waals surface area contributed by atoms with Gasteiger partial charge in [-0.05, 0) is 72.6 Å². The molecule has 1 heteroatoms. The van der Waals surface area contributed by atoms with Crippen LogP contribution >= 0.6 is 0 Å². The van der Waals surface area contributed by atoms with E-state index < -0.39 is 0 Å². The molecule has 0 aliphatic heterocycles. The summed E-state index contributed by atoms with van der Waals surface area (Å²) in [5.41, 5.74) is 4.28. The summed E-state index contributed by atoms with van der Waals surface area (Å²) in [6, 6.07) is 0. The molecule has 120 valence electrons. The van der Waals surface area contributed by atoms with Crippen LogP contribution in [0, 0.1) is 0 Å². The molecule has 0 aliphatic carbocycles. The SMILES string of the molecule is C/C=C/CC/C(C)=C/CCC/C(C)=C/CC/C(C)=C/CO. The van der Waals surface area contributed by atoms with Gasteiger partial charge in [0.25, 0.3) is 0 Å². The number of aliphatic hydroxyl groups excluding tert-OH is 1. The Hall–Kier alpha value is -1.08. The van der Waals surface area contributed by atoms with Crippen LogP contribution < -0.4 is 0 Å². The van der Waals surface area contributed by atoms with Crippen molar-refractivity contribution < 1.29 is 5.11 Å². The maximum absolute atomic E-state index is 8.80. The van der Waals surface area contributed by atoms with E-state index in [9.17, 15) is 0 Å². The summed E-state index contributed by atoms with van der Waals surface area (Å²) in [7, 11) is 0. The van der Waals surface area contributed by atoms with Crippen molar-refractivity contribution in [3.05, 3.63) is 47.1 Å². The molecular weight excluding hydrogens is 256 g/mol. The molecule has 0 aromatic carbocycles. The normalized spacial score (nSPS) is 14.2. The first-order chi connectivity index (χ1) is 10.1. The summed E-state index contributed by atoms with van der Waals surface area (Å²) in [6.45, 7) is 8.79. The zero-order valence-corrected chi connectivity index (χ0v) is 14.5. The lowest BCUT2D eigenvalue weighted by Gasteiger charge is -2.02. The van der Waals surface area contributed by atoms with Crippen molar-refractivity contribution in [1.29, 1.82) is 0 Å². The minimum absolute atomic E-state index is 0.161. The summed E-state index contributed by atoms with van der Waals surface area (Å²) in [4.78, 5) is 0. The first-order valence-electron chi connectivity index (χ1n) is 8.29. The average Bonchev–Trinajstić information content (AvgIpc) is 2.44. The van der Waals surface area contributed by atoms with Crippen molar-refractivity contribution in [3.8, 4) is 0 Å². The quantitative estimate of drug-likeness (QED) is 0.359. The van der Waals surface area contributed by atoms with Gasteiger partial charge in [0.15, 0.2) is 0 Å². The van der Waals surface area contributed by atoms with E-state index in [1.165, 1.54) is 48.8 Å². The van der Waals surface area contributed by atoms with E-state index in [-0.39, 0.29) is 6.61 Å². The number of unbranched alkanes of at least 4 members (excludes halogenated alkanes) is 1. The molecule has 1 nitrogen and oxygen atoms in total. The minimum atomic E-state index is 0.161. The van der Waals surface area contributed by atoms with Crippen LogP contribution in [0.25, 0.3) is 0 Å². The molecule has 0 atom stereocenters. The predicted molar refractivity (Wildman–Crippen MR) is 95.5 cm³/mol. The topological polar surface area (TPSA) is 20.2 Å². The molecule has 0 aromatic heterocycles. The van der Waals surface area contributed by atoms with Gasteiger partial charge in [-0.2, -0.15) is 0 Å². The molecule has 0 unspecified atom stereocenters. The molecule has 0 spiro atoms. The second kappa shape index (κ2) is 13.9. The second-order valence-corrected chi connectivity index (χ2v) is 5.87. The van der Waals surface area contributed by atoms with Crippen molar-refractivity contribution in [2.45, 2.75) is 72.6 Å². The van der Waals surface area contributed by atoms with Crippen LogP contribution in [0.3, 0.4) is 0 Å². The Morgan fingerprint density at radius 1 is 0.762 bits per heavy atom. The van der Waals surface area contributed by atoms with Crippen LogP contribution in [0.15, 0.2) is 47.1 Å². The van der Waals surface area contributed by atoms with Gasteiger partial charge < -0.3 is 5.11 Å². The van der Waals surface area contributed by atoms with Crippen molar-refractivity contribution in [2.75, 3.05) is 6.61 Å². The standard InChI is InChI=1S/C20H34O/c1-5-6-7-11-18(2)12-8-9-13-19(3)14-10-15-20(4)16-17-21/h5-6,12,14,16,21H,7-11,13,15,17H2,1-4H3/b6-5+,18-12+,19-14+,20-16+. The third kappa shape index (κ3) is 13.7. The Balaban J connectivity index is 3.80. The molecule has 0 saturated heterocycles. The first-order valence-corrected chi connectivity index (χ1v) is 8.29. The molecule has 0 aromatic rings. The third-order valence-electron chi connectivity index (χ3n) is 3.68. The number of aliphatic hydroxyl groups is 1. The van der Waals surface area contributed by atoms with Gasteiger partial charge in [0.05, 0.1) is 6.61 Å². The lowest BCUT2D eigenvalue weighted by atomic mass is 10.0. The molecule has 0 radical (unpaired) electrons. The van der Waals surface area contributed by atoms with Gasteiger partial charge in [0.2, 0.25) is 0 Å². The van der Waals surface area contributed by atoms with Crippen LogP contribution in [-0.4, -0.2) is 11.7 Å². The van der Waals surface area contributed by atoms with E-state index >= 15 is 0 Å². The Morgan fingerprint density at radius 3 is 2.00 bits per heavy atom. The van der Waals surface area contributed by atoms with E-state index in [2.05, 4.69) is 52.0 Å². The highest BCUT2D eigenvalue weighted by atomic mass is 16.2. The van der Waals surface area contributed by atoms with Gasteiger partial charge in [0, 0.05) is 0 Å². The van der Waals surface area contributed by atoms with E-state index in [1.807, 2.05) is 6.08 Å².